The van der Waals surface area contributed by atoms with E-state index in [9.17, 15) is 14.4 Å². The highest BCUT2D eigenvalue weighted by atomic mass is 32.2. The largest absolute Gasteiger partial charge is 0.426 e. The van der Waals surface area contributed by atoms with Crippen molar-refractivity contribution in [2.24, 2.45) is 0 Å². The summed E-state index contributed by atoms with van der Waals surface area (Å²) in [4.78, 5) is 35.3. The number of carbonyl (C=O) groups is 3. The van der Waals surface area contributed by atoms with E-state index in [1.807, 2.05) is 31.2 Å². The second-order valence-electron chi connectivity index (χ2n) is 6.54. The summed E-state index contributed by atoms with van der Waals surface area (Å²) in [5.74, 6) is -0.132. The monoisotopic (exact) mass is 395 g/mol. The van der Waals surface area contributed by atoms with Crippen molar-refractivity contribution in [3.63, 3.8) is 0 Å². The second kappa shape index (κ2) is 9.37. The summed E-state index contributed by atoms with van der Waals surface area (Å²) in [7, 11) is 0. The fourth-order valence-corrected chi connectivity index (χ4v) is 3.55. The number of thioether (sulfide) groups is 1. The predicted molar refractivity (Wildman–Crippen MR) is 110 cm³/mol. The molecule has 0 atom stereocenters. The Morgan fingerprint density at radius 2 is 1.89 bits per heavy atom. The molecule has 2 aromatic carbocycles. The molecule has 2 aromatic rings. The van der Waals surface area contributed by atoms with E-state index >= 15 is 0 Å². The third kappa shape index (κ3) is 5.57. The van der Waals surface area contributed by atoms with Crippen LogP contribution in [0.25, 0.3) is 6.08 Å². The van der Waals surface area contributed by atoms with E-state index in [1.54, 1.807) is 18.2 Å². The first-order valence-electron chi connectivity index (χ1n) is 9.11. The number of hydrogen-bond donors (Lipinski definition) is 1. The molecular formula is C22H21NO4S. The van der Waals surface area contributed by atoms with Gasteiger partial charge in [-0.25, -0.2) is 0 Å². The summed E-state index contributed by atoms with van der Waals surface area (Å²) >= 11 is 0.875. The maximum Gasteiger partial charge on any atom is 0.311 e. The van der Waals surface area contributed by atoms with Gasteiger partial charge in [0.1, 0.15) is 5.75 Å². The zero-order valence-corrected chi connectivity index (χ0v) is 16.4. The number of aryl methyl sites for hydroxylation is 2. The van der Waals surface area contributed by atoms with Crippen LogP contribution in [-0.2, 0) is 16.0 Å². The molecule has 1 heterocycles. The Kier molecular flexibility index (Phi) is 6.66. The van der Waals surface area contributed by atoms with Crippen LogP contribution in [0.3, 0.4) is 0 Å². The molecule has 0 unspecified atom stereocenters. The van der Waals surface area contributed by atoms with Gasteiger partial charge in [-0.1, -0.05) is 36.4 Å². The van der Waals surface area contributed by atoms with E-state index in [0.717, 1.165) is 42.2 Å². The van der Waals surface area contributed by atoms with Crippen molar-refractivity contribution >= 4 is 35.0 Å². The zero-order chi connectivity index (χ0) is 19.9. The van der Waals surface area contributed by atoms with Crippen LogP contribution >= 0.6 is 11.8 Å². The lowest BCUT2D eigenvalue weighted by molar-refractivity contribution is -0.134. The number of rotatable bonds is 7. The van der Waals surface area contributed by atoms with Crippen molar-refractivity contribution in [1.29, 1.82) is 0 Å². The van der Waals surface area contributed by atoms with Crippen LogP contribution in [-0.4, -0.2) is 17.1 Å². The average Bonchev–Trinajstić information content (AvgIpc) is 2.99. The maximum atomic E-state index is 12.1. The van der Waals surface area contributed by atoms with E-state index in [-0.39, 0.29) is 11.2 Å². The van der Waals surface area contributed by atoms with E-state index in [0.29, 0.717) is 17.1 Å². The van der Waals surface area contributed by atoms with Crippen LogP contribution < -0.4 is 10.1 Å². The van der Waals surface area contributed by atoms with E-state index < -0.39 is 5.91 Å². The first-order valence-corrected chi connectivity index (χ1v) is 9.93. The standard InChI is InChI=1S/C22H21NO4S/c1-15-13-17(14-19-21(25)23-22(26)28-19)11-12-18(15)27-20(24)10-6-5-9-16-7-3-2-4-8-16/h2-4,7-8,11-14H,5-6,9-10H2,1H3,(H,23,25,26)/b19-14-. The Morgan fingerprint density at radius 3 is 2.57 bits per heavy atom. The zero-order valence-electron chi connectivity index (χ0n) is 15.6. The molecule has 1 N–H and O–H groups in total. The summed E-state index contributed by atoms with van der Waals surface area (Å²) in [5.41, 5.74) is 2.83. The Hall–Kier alpha value is -2.86. The van der Waals surface area contributed by atoms with Gasteiger partial charge in [-0.2, -0.15) is 0 Å². The van der Waals surface area contributed by atoms with Crippen LogP contribution in [0.1, 0.15) is 36.0 Å². The SMILES string of the molecule is Cc1cc(/C=C2\SC(=O)NC2=O)ccc1OC(=O)CCCCc1ccccc1. The predicted octanol–water partition coefficient (Wildman–Crippen LogP) is 4.64. The van der Waals surface area contributed by atoms with Crippen LogP contribution in [0.5, 0.6) is 5.75 Å². The van der Waals surface area contributed by atoms with Gasteiger partial charge in [0, 0.05) is 6.42 Å². The van der Waals surface area contributed by atoms with Gasteiger partial charge in [0.25, 0.3) is 11.1 Å². The molecule has 144 valence electrons. The number of benzene rings is 2. The summed E-state index contributed by atoms with van der Waals surface area (Å²) in [6, 6.07) is 15.5. The van der Waals surface area contributed by atoms with Crippen molar-refractivity contribution in [3.8, 4) is 5.75 Å². The fraction of sp³-hybridized carbons (Fsp3) is 0.227. The Balaban J connectivity index is 1.50. The second-order valence-corrected chi connectivity index (χ2v) is 7.56. The molecule has 28 heavy (non-hydrogen) atoms. The maximum absolute atomic E-state index is 12.1. The molecule has 0 bridgehead atoms. The van der Waals surface area contributed by atoms with Gasteiger partial charge in [0.05, 0.1) is 4.91 Å². The van der Waals surface area contributed by atoms with Crippen LogP contribution in [0, 0.1) is 6.92 Å². The summed E-state index contributed by atoms with van der Waals surface area (Å²) in [6.45, 7) is 1.84. The number of amides is 2. The van der Waals surface area contributed by atoms with E-state index in [4.69, 9.17) is 4.74 Å². The Bertz CT molecular complexity index is 921. The highest BCUT2D eigenvalue weighted by molar-refractivity contribution is 8.18. The van der Waals surface area contributed by atoms with Crippen LogP contribution in [0.15, 0.2) is 53.4 Å². The number of esters is 1. The van der Waals surface area contributed by atoms with Gasteiger partial charge < -0.3 is 4.74 Å². The summed E-state index contributed by atoms with van der Waals surface area (Å²) in [5, 5.41) is 1.85. The molecule has 1 saturated heterocycles. The number of carbonyl (C=O) groups excluding carboxylic acids is 3. The third-order valence-electron chi connectivity index (χ3n) is 4.30. The molecule has 0 aliphatic carbocycles. The first kappa shape index (κ1) is 19.9. The molecule has 0 saturated carbocycles. The fourth-order valence-electron chi connectivity index (χ4n) is 2.87. The van der Waals surface area contributed by atoms with Crippen LogP contribution in [0.2, 0.25) is 0 Å². The van der Waals surface area contributed by atoms with Crippen molar-refractivity contribution in [2.75, 3.05) is 0 Å². The van der Waals surface area contributed by atoms with Gasteiger partial charge in [0.15, 0.2) is 0 Å². The van der Waals surface area contributed by atoms with Crippen LogP contribution in [0.4, 0.5) is 4.79 Å². The molecule has 1 aliphatic rings. The molecule has 1 fully saturated rings. The molecule has 1 aliphatic heterocycles. The Labute approximate surface area is 168 Å². The first-order chi connectivity index (χ1) is 13.5. The third-order valence-corrected chi connectivity index (χ3v) is 5.11. The normalized spacial score (nSPS) is 15.0. The van der Waals surface area contributed by atoms with E-state index in [2.05, 4.69) is 17.4 Å². The molecule has 0 radical (unpaired) electrons. The number of imide groups is 1. The average molecular weight is 395 g/mol. The molecule has 0 spiro atoms. The highest BCUT2D eigenvalue weighted by Gasteiger charge is 2.24. The van der Waals surface area contributed by atoms with Gasteiger partial charge in [-0.05, 0) is 72.8 Å². The lowest BCUT2D eigenvalue weighted by Crippen LogP contribution is -2.17. The number of ether oxygens (including phenoxy) is 1. The van der Waals surface area contributed by atoms with Gasteiger partial charge >= 0.3 is 5.97 Å². The van der Waals surface area contributed by atoms with Crippen molar-refractivity contribution < 1.29 is 19.1 Å². The molecule has 2 amide bonds. The van der Waals surface area contributed by atoms with E-state index in [1.165, 1.54) is 5.56 Å². The number of hydrogen-bond acceptors (Lipinski definition) is 5. The smallest absolute Gasteiger partial charge is 0.311 e. The topological polar surface area (TPSA) is 72.5 Å². The lowest BCUT2D eigenvalue weighted by atomic mass is 10.1. The van der Waals surface area contributed by atoms with Gasteiger partial charge in [-0.15, -0.1) is 0 Å². The quantitative estimate of drug-likeness (QED) is 0.320. The van der Waals surface area contributed by atoms with Gasteiger partial charge in [-0.3, -0.25) is 19.7 Å². The molecular weight excluding hydrogens is 374 g/mol. The minimum Gasteiger partial charge on any atom is -0.426 e. The number of unbranched alkanes of at least 4 members (excludes halogenated alkanes) is 1. The summed E-state index contributed by atoms with van der Waals surface area (Å²) in [6.07, 6.45) is 4.68. The molecule has 3 rings (SSSR count). The molecule has 6 heteroatoms. The summed E-state index contributed by atoms with van der Waals surface area (Å²) < 4.78 is 5.46. The Morgan fingerprint density at radius 1 is 1.11 bits per heavy atom. The van der Waals surface area contributed by atoms with Crippen molar-refractivity contribution in [2.45, 2.75) is 32.6 Å². The molecule has 5 nitrogen and oxygen atoms in total. The van der Waals surface area contributed by atoms with Crippen molar-refractivity contribution in [3.05, 3.63) is 70.1 Å². The van der Waals surface area contributed by atoms with Gasteiger partial charge in [0.2, 0.25) is 0 Å². The minimum atomic E-state index is -0.390. The van der Waals surface area contributed by atoms with Crippen molar-refractivity contribution in [1.82, 2.24) is 5.32 Å². The molecule has 0 aromatic heterocycles. The minimum absolute atomic E-state index is 0.251. The lowest BCUT2D eigenvalue weighted by Gasteiger charge is -2.08. The highest BCUT2D eigenvalue weighted by Crippen LogP contribution is 2.27. The number of nitrogens with one attached hydrogen (secondary N) is 1.